The van der Waals surface area contributed by atoms with Gasteiger partial charge in [-0.15, -0.1) is 0 Å². The standard InChI is InChI=1S/C17H15NO2/c1-18(2)11-14-12-7-3-5-9-15(12)20-16-10-6-4-8-13(16)17(14)19/h3-11H,1-2H3. The quantitative estimate of drug-likeness (QED) is 0.738. The summed E-state index contributed by atoms with van der Waals surface area (Å²) in [5.74, 6) is 1.30. The first-order chi connectivity index (χ1) is 9.66. The van der Waals surface area contributed by atoms with Crippen molar-refractivity contribution in [3.63, 3.8) is 0 Å². The van der Waals surface area contributed by atoms with E-state index in [0.717, 1.165) is 5.56 Å². The van der Waals surface area contributed by atoms with E-state index in [1.54, 1.807) is 6.07 Å². The summed E-state index contributed by atoms with van der Waals surface area (Å²) in [7, 11) is 3.81. The molecule has 0 amide bonds. The number of fused-ring (bicyclic) bond motifs is 2. The van der Waals surface area contributed by atoms with Gasteiger partial charge in [-0.1, -0.05) is 30.3 Å². The summed E-state index contributed by atoms with van der Waals surface area (Å²) in [5.41, 5.74) is 2.06. The Hall–Kier alpha value is -2.55. The van der Waals surface area contributed by atoms with Gasteiger partial charge < -0.3 is 9.64 Å². The zero-order valence-electron chi connectivity index (χ0n) is 11.5. The van der Waals surface area contributed by atoms with Crippen LogP contribution < -0.4 is 4.74 Å². The molecule has 20 heavy (non-hydrogen) atoms. The van der Waals surface area contributed by atoms with Crippen LogP contribution in [0.5, 0.6) is 11.5 Å². The second-order valence-electron chi connectivity index (χ2n) is 4.93. The second-order valence-corrected chi connectivity index (χ2v) is 4.93. The van der Waals surface area contributed by atoms with Crippen LogP contribution in [0.15, 0.2) is 54.7 Å². The predicted octanol–water partition coefficient (Wildman–Crippen LogP) is 3.58. The minimum Gasteiger partial charge on any atom is -0.456 e. The Morgan fingerprint density at radius 1 is 0.900 bits per heavy atom. The number of ketones is 1. The normalized spacial score (nSPS) is 15.1. The zero-order valence-corrected chi connectivity index (χ0v) is 11.5. The van der Waals surface area contributed by atoms with Gasteiger partial charge in [0.25, 0.3) is 0 Å². The minimum atomic E-state index is -0.0146. The summed E-state index contributed by atoms with van der Waals surface area (Å²) < 4.78 is 5.90. The van der Waals surface area contributed by atoms with Crippen molar-refractivity contribution in [3.8, 4) is 11.5 Å². The molecular formula is C17H15NO2. The summed E-state index contributed by atoms with van der Waals surface area (Å²) >= 11 is 0. The topological polar surface area (TPSA) is 29.5 Å². The fourth-order valence-electron chi connectivity index (χ4n) is 2.29. The molecule has 3 rings (SSSR count). The highest BCUT2D eigenvalue weighted by Crippen LogP contribution is 2.38. The largest absolute Gasteiger partial charge is 0.456 e. The molecule has 0 atom stereocenters. The number of carbonyl (C=O) groups is 1. The summed E-state index contributed by atoms with van der Waals surface area (Å²) in [6.07, 6.45) is 1.84. The maximum Gasteiger partial charge on any atom is 0.198 e. The van der Waals surface area contributed by atoms with Crippen LogP contribution in [0, 0.1) is 0 Å². The summed E-state index contributed by atoms with van der Waals surface area (Å²) in [6, 6.07) is 15.0. The molecule has 0 aliphatic carbocycles. The Morgan fingerprint density at radius 2 is 1.45 bits per heavy atom. The third-order valence-corrected chi connectivity index (χ3v) is 3.16. The first kappa shape index (κ1) is 12.5. The number of ether oxygens (including phenoxy) is 1. The lowest BCUT2D eigenvalue weighted by Crippen LogP contribution is -2.08. The van der Waals surface area contributed by atoms with Gasteiger partial charge in [-0.2, -0.15) is 0 Å². The molecular weight excluding hydrogens is 250 g/mol. The molecule has 0 N–H and O–H groups in total. The highest BCUT2D eigenvalue weighted by molar-refractivity contribution is 6.30. The first-order valence-corrected chi connectivity index (χ1v) is 6.46. The van der Waals surface area contributed by atoms with Gasteiger partial charge in [-0.25, -0.2) is 0 Å². The molecule has 2 aromatic rings. The van der Waals surface area contributed by atoms with Crippen LogP contribution in [-0.4, -0.2) is 24.8 Å². The molecule has 0 radical (unpaired) electrons. The van der Waals surface area contributed by atoms with Gasteiger partial charge in [0.1, 0.15) is 11.5 Å². The molecule has 0 spiro atoms. The van der Waals surface area contributed by atoms with E-state index < -0.39 is 0 Å². The number of Topliss-reactive ketones (excluding diaryl/α,β-unsaturated/α-hetero) is 1. The molecule has 0 unspecified atom stereocenters. The fraction of sp³-hybridized carbons (Fsp3) is 0.118. The molecule has 3 nitrogen and oxygen atoms in total. The Morgan fingerprint density at radius 3 is 2.10 bits per heavy atom. The number of hydrogen-bond acceptors (Lipinski definition) is 3. The van der Waals surface area contributed by atoms with Crippen LogP contribution >= 0.6 is 0 Å². The number of para-hydroxylation sites is 2. The maximum absolute atomic E-state index is 12.8. The van der Waals surface area contributed by atoms with Crippen LogP contribution in [0.25, 0.3) is 5.57 Å². The van der Waals surface area contributed by atoms with E-state index in [2.05, 4.69) is 0 Å². The molecule has 3 heteroatoms. The van der Waals surface area contributed by atoms with E-state index in [4.69, 9.17) is 4.74 Å². The second kappa shape index (κ2) is 4.85. The van der Waals surface area contributed by atoms with E-state index in [1.807, 2.05) is 67.7 Å². The van der Waals surface area contributed by atoms with E-state index in [9.17, 15) is 4.79 Å². The molecule has 1 aliphatic rings. The molecule has 100 valence electrons. The van der Waals surface area contributed by atoms with Gasteiger partial charge in [0, 0.05) is 31.4 Å². The van der Waals surface area contributed by atoms with Crippen molar-refractivity contribution >= 4 is 11.4 Å². The lowest BCUT2D eigenvalue weighted by molar-refractivity contribution is 0.105. The van der Waals surface area contributed by atoms with Crippen molar-refractivity contribution < 1.29 is 9.53 Å². The van der Waals surface area contributed by atoms with Crippen molar-refractivity contribution in [2.45, 2.75) is 0 Å². The number of carbonyl (C=O) groups excluding carboxylic acids is 1. The summed E-state index contributed by atoms with van der Waals surface area (Å²) in [4.78, 5) is 14.6. The minimum absolute atomic E-state index is 0.0146. The van der Waals surface area contributed by atoms with E-state index >= 15 is 0 Å². The molecule has 0 saturated carbocycles. The number of benzene rings is 2. The molecule has 0 fully saturated rings. The highest BCUT2D eigenvalue weighted by atomic mass is 16.5. The Labute approximate surface area is 118 Å². The zero-order chi connectivity index (χ0) is 14.1. The Bertz CT molecular complexity index is 702. The van der Waals surface area contributed by atoms with E-state index in [0.29, 0.717) is 22.6 Å². The molecule has 1 aliphatic heterocycles. The van der Waals surface area contributed by atoms with Gasteiger partial charge in [-0.3, -0.25) is 4.79 Å². The molecule has 1 heterocycles. The number of hydrogen-bond donors (Lipinski definition) is 0. The number of rotatable bonds is 1. The van der Waals surface area contributed by atoms with E-state index in [1.165, 1.54) is 0 Å². The Kier molecular flexibility index (Phi) is 3.03. The number of allylic oxidation sites excluding steroid dienone is 1. The van der Waals surface area contributed by atoms with Crippen molar-refractivity contribution in [2.24, 2.45) is 0 Å². The average molecular weight is 265 g/mol. The van der Waals surface area contributed by atoms with Crippen molar-refractivity contribution in [1.29, 1.82) is 0 Å². The van der Waals surface area contributed by atoms with Crippen LogP contribution in [0.3, 0.4) is 0 Å². The van der Waals surface area contributed by atoms with Crippen molar-refractivity contribution in [1.82, 2.24) is 4.90 Å². The summed E-state index contributed by atoms with van der Waals surface area (Å²) in [6.45, 7) is 0. The van der Waals surface area contributed by atoms with Gasteiger partial charge in [0.05, 0.1) is 5.56 Å². The smallest absolute Gasteiger partial charge is 0.198 e. The molecule has 0 saturated heterocycles. The summed E-state index contributed by atoms with van der Waals surface area (Å²) in [5, 5.41) is 0. The van der Waals surface area contributed by atoms with Crippen LogP contribution in [0.1, 0.15) is 15.9 Å². The van der Waals surface area contributed by atoms with Crippen molar-refractivity contribution in [3.05, 3.63) is 65.9 Å². The maximum atomic E-state index is 12.8. The van der Waals surface area contributed by atoms with Crippen LogP contribution in [0.4, 0.5) is 0 Å². The molecule has 0 bridgehead atoms. The average Bonchev–Trinajstić information content (AvgIpc) is 2.55. The lowest BCUT2D eigenvalue weighted by atomic mass is 9.97. The predicted molar refractivity (Wildman–Crippen MR) is 79.0 cm³/mol. The van der Waals surface area contributed by atoms with Crippen LogP contribution in [-0.2, 0) is 0 Å². The first-order valence-electron chi connectivity index (χ1n) is 6.46. The number of nitrogens with zero attached hydrogens (tertiary/aromatic N) is 1. The Balaban J connectivity index is 2.27. The van der Waals surface area contributed by atoms with E-state index in [-0.39, 0.29) is 5.78 Å². The molecule has 0 aromatic heterocycles. The van der Waals surface area contributed by atoms with Gasteiger partial charge >= 0.3 is 0 Å². The fourth-order valence-corrected chi connectivity index (χ4v) is 2.29. The van der Waals surface area contributed by atoms with Gasteiger partial charge in [0.15, 0.2) is 5.78 Å². The third-order valence-electron chi connectivity index (χ3n) is 3.16. The van der Waals surface area contributed by atoms with Crippen LogP contribution in [0.2, 0.25) is 0 Å². The van der Waals surface area contributed by atoms with Gasteiger partial charge in [0.2, 0.25) is 0 Å². The lowest BCUT2D eigenvalue weighted by Gasteiger charge is -2.11. The molecule has 2 aromatic carbocycles. The highest BCUT2D eigenvalue weighted by Gasteiger charge is 2.25. The SMILES string of the molecule is CN(C)C=C1C(=O)c2ccccc2Oc2ccccc21. The van der Waals surface area contributed by atoms with Gasteiger partial charge in [-0.05, 0) is 18.2 Å². The van der Waals surface area contributed by atoms with Crippen molar-refractivity contribution in [2.75, 3.05) is 14.1 Å². The third kappa shape index (κ3) is 2.07. The monoisotopic (exact) mass is 265 g/mol.